The fourth-order valence-electron chi connectivity index (χ4n) is 3.55. The Morgan fingerprint density at radius 1 is 1.25 bits per heavy atom. The minimum Gasteiger partial charge on any atom is -0.336 e. The third-order valence-corrected chi connectivity index (χ3v) is 6.52. The van der Waals surface area contributed by atoms with Gasteiger partial charge in [-0.15, -0.1) is 11.3 Å². The molecular weight excluding hydrogens is 468 g/mol. The quantitative estimate of drug-likeness (QED) is 0.483. The zero-order chi connectivity index (χ0) is 23.0. The highest BCUT2D eigenvalue weighted by Gasteiger charge is 2.32. The number of benzene rings is 1. The molecule has 0 saturated carbocycles. The van der Waals surface area contributed by atoms with E-state index in [-0.39, 0.29) is 23.4 Å². The van der Waals surface area contributed by atoms with E-state index in [9.17, 15) is 22.4 Å². The summed E-state index contributed by atoms with van der Waals surface area (Å²) in [6.07, 6.45) is -1.16. The van der Waals surface area contributed by atoms with E-state index in [0.717, 1.165) is 17.2 Å². The number of halogens is 5. The maximum Gasteiger partial charge on any atom is 0.425 e. The molecule has 0 N–H and O–H groups in total. The molecule has 0 spiro atoms. The first kappa shape index (κ1) is 22.5. The second kappa shape index (κ2) is 8.67. The first-order valence-corrected chi connectivity index (χ1v) is 10.8. The van der Waals surface area contributed by atoms with Crippen LogP contribution in [0.15, 0.2) is 47.5 Å². The molecule has 1 atom stereocenters. The molecule has 0 bridgehead atoms. The van der Waals surface area contributed by atoms with Crippen LogP contribution < -0.4 is 10.6 Å². The van der Waals surface area contributed by atoms with Gasteiger partial charge < -0.3 is 4.90 Å². The number of aromatic nitrogens is 3. The van der Waals surface area contributed by atoms with E-state index in [1.54, 1.807) is 12.1 Å². The highest BCUT2D eigenvalue weighted by Crippen LogP contribution is 2.35. The van der Waals surface area contributed by atoms with E-state index in [1.165, 1.54) is 23.0 Å². The van der Waals surface area contributed by atoms with Gasteiger partial charge >= 0.3 is 11.9 Å². The summed E-state index contributed by atoms with van der Waals surface area (Å²) in [5.74, 6) is -0.192. The third kappa shape index (κ3) is 4.71. The summed E-state index contributed by atoms with van der Waals surface area (Å²) in [7, 11) is 0. The number of anilines is 1. The lowest BCUT2D eigenvalue weighted by Crippen LogP contribution is -2.37. The Kier molecular flexibility index (Phi) is 6.09. The SMILES string of the molecule is C[C@H]1CN(c2ncn(Cc3ccc(C(F)(F)F)s3)c(=O)n2)CC=C1c1ccc(F)c(Cl)c1. The molecule has 3 heterocycles. The van der Waals surface area contributed by atoms with Gasteiger partial charge in [0.15, 0.2) is 0 Å². The molecule has 0 unspecified atom stereocenters. The molecule has 32 heavy (non-hydrogen) atoms. The van der Waals surface area contributed by atoms with Gasteiger partial charge in [-0.25, -0.2) is 14.2 Å². The summed E-state index contributed by atoms with van der Waals surface area (Å²) in [5.41, 5.74) is 1.24. The van der Waals surface area contributed by atoms with Crippen LogP contribution in [0.2, 0.25) is 5.02 Å². The predicted molar refractivity (Wildman–Crippen MR) is 115 cm³/mol. The zero-order valence-corrected chi connectivity index (χ0v) is 18.3. The van der Waals surface area contributed by atoms with Crippen molar-refractivity contribution in [3.05, 3.63) is 79.4 Å². The van der Waals surface area contributed by atoms with Crippen LogP contribution in [0.1, 0.15) is 22.2 Å². The Labute approximate surface area is 189 Å². The van der Waals surface area contributed by atoms with Gasteiger partial charge in [0.25, 0.3) is 0 Å². The number of hydrogen-bond acceptors (Lipinski definition) is 5. The molecule has 0 amide bonds. The van der Waals surface area contributed by atoms with Crippen LogP contribution in [-0.4, -0.2) is 27.6 Å². The van der Waals surface area contributed by atoms with Crippen molar-refractivity contribution >= 4 is 34.5 Å². The van der Waals surface area contributed by atoms with Gasteiger partial charge in [-0.05, 0) is 41.3 Å². The topological polar surface area (TPSA) is 51.0 Å². The predicted octanol–water partition coefficient (Wildman–Crippen LogP) is 5.10. The van der Waals surface area contributed by atoms with Crippen molar-refractivity contribution in [2.24, 2.45) is 5.92 Å². The molecule has 1 aliphatic heterocycles. The molecule has 2 aromatic heterocycles. The Morgan fingerprint density at radius 2 is 2.03 bits per heavy atom. The lowest BCUT2D eigenvalue weighted by molar-refractivity contribution is -0.134. The zero-order valence-electron chi connectivity index (χ0n) is 16.7. The number of rotatable bonds is 4. The standard InChI is InChI=1S/C21H17ClF4N4OS/c1-12-9-29(7-6-15(12)13-2-4-17(23)16(22)8-13)19-27-11-30(20(31)28-19)10-14-3-5-18(32-14)21(24,25)26/h2-6,8,11-12H,7,9-10H2,1H3/t12-/m0/s1. The largest absolute Gasteiger partial charge is 0.425 e. The molecule has 0 saturated heterocycles. The number of thiophene rings is 1. The van der Waals surface area contributed by atoms with Crippen LogP contribution in [0.25, 0.3) is 5.57 Å². The summed E-state index contributed by atoms with van der Waals surface area (Å²) in [6.45, 7) is 2.93. The van der Waals surface area contributed by atoms with Gasteiger partial charge in [-0.3, -0.25) is 4.57 Å². The first-order chi connectivity index (χ1) is 15.1. The lowest BCUT2D eigenvalue weighted by Gasteiger charge is -2.31. The van der Waals surface area contributed by atoms with Crippen LogP contribution in [0, 0.1) is 11.7 Å². The van der Waals surface area contributed by atoms with Crippen LogP contribution in [0.4, 0.5) is 23.5 Å². The molecule has 0 fully saturated rings. The molecule has 4 rings (SSSR count). The maximum absolute atomic E-state index is 13.5. The van der Waals surface area contributed by atoms with Gasteiger partial charge in [-0.1, -0.05) is 30.7 Å². The fourth-order valence-corrected chi connectivity index (χ4v) is 4.60. The van der Waals surface area contributed by atoms with E-state index in [0.29, 0.717) is 29.3 Å². The summed E-state index contributed by atoms with van der Waals surface area (Å²) in [5, 5.41) is 0.0538. The second-order valence-corrected chi connectivity index (χ2v) is 9.00. The van der Waals surface area contributed by atoms with Crippen molar-refractivity contribution in [2.75, 3.05) is 18.0 Å². The molecule has 168 valence electrons. The maximum atomic E-state index is 13.5. The van der Waals surface area contributed by atoms with Crippen molar-refractivity contribution < 1.29 is 17.6 Å². The van der Waals surface area contributed by atoms with Crippen LogP contribution in [0.3, 0.4) is 0 Å². The fraction of sp³-hybridized carbons (Fsp3) is 0.286. The number of hydrogen-bond donors (Lipinski definition) is 0. The van der Waals surface area contributed by atoms with Gasteiger partial charge in [0.1, 0.15) is 17.0 Å². The average Bonchev–Trinajstić information content (AvgIpc) is 3.21. The van der Waals surface area contributed by atoms with Crippen LogP contribution in [0.5, 0.6) is 0 Å². The Morgan fingerprint density at radius 3 is 2.66 bits per heavy atom. The van der Waals surface area contributed by atoms with Crippen molar-refractivity contribution in [1.29, 1.82) is 0 Å². The second-order valence-electron chi connectivity index (χ2n) is 7.42. The van der Waals surface area contributed by atoms with E-state index in [2.05, 4.69) is 9.97 Å². The Balaban J connectivity index is 1.50. The smallest absolute Gasteiger partial charge is 0.336 e. The van der Waals surface area contributed by atoms with Gasteiger partial charge in [0.05, 0.1) is 11.6 Å². The molecule has 11 heteroatoms. The minimum atomic E-state index is -4.41. The highest BCUT2D eigenvalue weighted by atomic mass is 35.5. The Bertz CT molecular complexity index is 1240. The van der Waals surface area contributed by atoms with Crippen LogP contribution >= 0.6 is 22.9 Å². The normalized spacial score (nSPS) is 16.9. The molecule has 3 aromatic rings. The number of nitrogens with zero attached hydrogens (tertiary/aromatic N) is 4. The molecule has 0 radical (unpaired) electrons. The summed E-state index contributed by atoms with van der Waals surface area (Å²) < 4.78 is 52.9. The summed E-state index contributed by atoms with van der Waals surface area (Å²) >= 11 is 6.48. The van der Waals surface area contributed by atoms with Crippen LogP contribution in [-0.2, 0) is 12.7 Å². The van der Waals surface area contributed by atoms with Crippen molar-refractivity contribution in [3.8, 4) is 0 Å². The van der Waals surface area contributed by atoms with Crippen molar-refractivity contribution in [3.63, 3.8) is 0 Å². The van der Waals surface area contributed by atoms with Gasteiger partial charge in [0, 0.05) is 18.0 Å². The van der Waals surface area contributed by atoms with E-state index in [4.69, 9.17) is 11.6 Å². The van der Waals surface area contributed by atoms with Crippen molar-refractivity contribution in [2.45, 2.75) is 19.6 Å². The number of alkyl halides is 3. The van der Waals surface area contributed by atoms with Crippen molar-refractivity contribution in [1.82, 2.24) is 14.5 Å². The Hall–Kier alpha value is -2.72. The first-order valence-electron chi connectivity index (χ1n) is 9.61. The van der Waals surface area contributed by atoms with E-state index >= 15 is 0 Å². The molecule has 5 nitrogen and oxygen atoms in total. The molecule has 1 aromatic carbocycles. The minimum absolute atomic E-state index is 0.0361. The molecular formula is C21H17ClF4N4OS. The average molecular weight is 485 g/mol. The molecule has 1 aliphatic rings. The lowest BCUT2D eigenvalue weighted by atomic mass is 9.90. The highest BCUT2D eigenvalue weighted by molar-refractivity contribution is 7.12. The van der Waals surface area contributed by atoms with E-state index < -0.39 is 22.6 Å². The summed E-state index contributed by atoms with van der Waals surface area (Å²) in [6, 6.07) is 6.92. The summed E-state index contributed by atoms with van der Waals surface area (Å²) in [4.78, 5) is 22.2. The van der Waals surface area contributed by atoms with Gasteiger partial charge in [0.2, 0.25) is 5.95 Å². The van der Waals surface area contributed by atoms with E-state index in [1.807, 2.05) is 17.9 Å². The third-order valence-electron chi connectivity index (χ3n) is 5.11. The van der Waals surface area contributed by atoms with Gasteiger partial charge in [-0.2, -0.15) is 18.2 Å². The molecule has 0 aliphatic carbocycles. The monoisotopic (exact) mass is 484 g/mol.